The normalized spacial score (nSPS) is 16.4. The number of anilines is 1. The summed E-state index contributed by atoms with van der Waals surface area (Å²) >= 11 is 0. The Balaban J connectivity index is 1.72. The molecule has 1 aliphatic heterocycles. The number of hydrogen-bond acceptors (Lipinski definition) is 5. The number of nitrogens with zero attached hydrogens (tertiary/aromatic N) is 2. The van der Waals surface area contributed by atoms with Crippen molar-refractivity contribution < 1.29 is 14.3 Å². The van der Waals surface area contributed by atoms with Crippen molar-refractivity contribution in [3.05, 3.63) is 29.8 Å². The van der Waals surface area contributed by atoms with Crippen molar-refractivity contribution in [1.29, 1.82) is 0 Å². The number of hydrogen-bond donors (Lipinski definition) is 1. The average molecular weight is 321 g/mol. The Kier molecular flexibility index (Phi) is 7.48. The molecule has 0 aliphatic carbocycles. The van der Waals surface area contributed by atoms with Crippen LogP contribution in [0.15, 0.2) is 24.3 Å². The third kappa shape index (κ3) is 6.66. The molecular formula is C17H27N3O3. The predicted octanol–water partition coefficient (Wildman–Crippen LogP) is 1.04. The van der Waals surface area contributed by atoms with Gasteiger partial charge in [-0.2, -0.15) is 0 Å². The Morgan fingerprint density at radius 2 is 1.83 bits per heavy atom. The first-order valence-corrected chi connectivity index (χ1v) is 8.04. The average Bonchev–Trinajstić information content (AvgIpc) is 2.56. The smallest absolute Gasteiger partial charge is 0.250 e. The van der Waals surface area contributed by atoms with Crippen LogP contribution in [-0.2, 0) is 20.8 Å². The second-order valence-electron chi connectivity index (χ2n) is 5.87. The van der Waals surface area contributed by atoms with Gasteiger partial charge in [0.1, 0.15) is 6.61 Å². The van der Waals surface area contributed by atoms with E-state index in [0.717, 1.165) is 38.4 Å². The molecule has 1 N–H and O–H groups in total. The van der Waals surface area contributed by atoms with E-state index in [-0.39, 0.29) is 12.5 Å². The van der Waals surface area contributed by atoms with Crippen LogP contribution in [-0.4, -0.2) is 75.9 Å². The van der Waals surface area contributed by atoms with Gasteiger partial charge in [-0.1, -0.05) is 12.1 Å². The molecule has 0 unspecified atom stereocenters. The molecule has 1 fully saturated rings. The van der Waals surface area contributed by atoms with Gasteiger partial charge in [0, 0.05) is 45.5 Å². The molecule has 0 saturated carbocycles. The lowest BCUT2D eigenvalue weighted by molar-refractivity contribution is -0.121. The van der Waals surface area contributed by atoms with Crippen LogP contribution in [0.3, 0.4) is 0 Å². The topological polar surface area (TPSA) is 54.0 Å². The number of methoxy groups -OCH3 is 1. The summed E-state index contributed by atoms with van der Waals surface area (Å²) in [7, 11) is 3.76. The molecule has 128 valence electrons. The zero-order chi connectivity index (χ0) is 16.5. The number of amides is 1. The highest BCUT2D eigenvalue weighted by Crippen LogP contribution is 2.12. The number of carbonyl (C=O) groups is 1. The van der Waals surface area contributed by atoms with E-state index < -0.39 is 0 Å². The van der Waals surface area contributed by atoms with Crippen molar-refractivity contribution in [2.45, 2.75) is 6.54 Å². The minimum atomic E-state index is -0.145. The van der Waals surface area contributed by atoms with E-state index in [2.05, 4.69) is 34.3 Å². The van der Waals surface area contributed by atoms with E-state index in [9.17, 15) is 4.79 Å². The van der Waals surface area contributed by atoms with Gasteiger partial charge in [0.2, 0.25) is 5.91 Å². The van der Waals surface area contributed by atoms with Crippen molar-refractivity contribution in [2.75, 3.05) is 65.5 Å². The molecule has 0 spiro atoms. The second-order valence-corrected chi connectivity index (χ2v) is 5.87. The molecule has 23 heavy (non-hydrogen) atoms. The van der Waals surface area contributed by atoms with Crippen molar-refractivity contribution in [2.24, 2.45) is 0 Å². The van der Waals surface area contributed by atoms with Gasteiger partial charge in [0.05, 0.1) is 13.2 Å². The van der Waals surface area contributed by atoms with Gasteiger partial charge in [0.15, 0.2) is 0 Å². The first-order chi connectivity index (χ1) is 11.2. The Bertz CT molecular complexity index is 470. The van der Waals surface area contributed by atoms with E-state index in [1.807, 2.05) is 12.1 Å². The zero-order valence-corrected chi connectivity index (χ0v) is 14.1. The molecule has 1 aromatic carbocycles. The lowest BCUT2D eigenvalue weighted by Gasteiger charge is -2.32. The van der Waals surface area contributed by atoms with Gasteiger partial charge < -0.3 is 19.7 Å². The summed E-state index contributed by atoms with van der Waals surface area (Å²) < 4.78 is 10.1. The van der Waals surface area contributed by atoms with Crippen LogP contribution in [0, 0.1) is 0 Å². The Labute approximate surface area is 138 Å². The second kappa shape index (κ2) is 9.62. The highest BCUT2D eigenvalue weighted by molar-refractivity contribution is 5.91. The molecule has 1 saturated heterocycles. The molecule has 1 aromatic rings. The standard InChI is InChI=1S/C17H27N3O3/c1-19-7-9-20(10-8-19)13-15-3-5-16(6-4-15)18-17(21)14-23-12-11-22-2/h3-6H,7-14H2,1-2H3,(H,18,21). The fourth-order valence-electron chi connectivity index (χ4n) is 2.46. The summed E-state index contributed by atoms with van der Waals surface area (Å²) in [5, 5.41) is 2.83. The van der Waals surface area contributed by atoms with Crippen LogP contribution in [0.1, 0.15) is 5.56 Å². The minimum absolute atomic E-state index is 0.0480. The van der Waals surface area contributed by atoms with Gasteiger partial charge in [-0.3, -0.25) is 9.69 Å². The quantitative estimate of drug-likeness (QED) is 0.725. The Hall–Kier alpha value is -1.47. The summed E-state index contributed by atoms with van der Waals surface area (Å²) in [5.74, 6) is -0.145. The number of rotatable bonds is 8. The van der Waals surface area contributed by atoms with E-state index >= 15 is 0 Å². The zero-order valence-electron chi connectivity index (χ0n) is 14.1. The van der Waals surface area contributed by atoms with Gasteiger partial charge >= 0.3 is 0 Å². The summed E-state index contributed by atoms with van der Waals surface area (Å²) in [6, 6.07) is 8.02. The number of ether oxygens (including phenoxy) is 2. The molecule has 0 radical (unpaired) electrons. The van der Waals surface area contributed by atoms with Gasteiger partial charge in [0.25, 0.3) is 0 Å². The fourth-order valence-corrected chi connectivity index (χ4v) is 2.46. The van der Waals surface area contributed by atoms with Gasteiger partial charge in [-0.25, -0.2) is 0 Å². The van der Waals surface area contributed by atoms with Crippen molar-refractivity contribution in [1.82, 2.24) is 9.80 Å². The molecule has 0 bridgehead atoms. The highest BCUT2D eigenvalue weighted by Gasteiger charge is 2.13. The Morgan fingerprint density at radius 3 is 2.48 bits per heavy atom. The SMILES string of the molecule is COCCOCC(=O)Nc1ccc(CN2CCN(C)CC2)cc1. The largest absolute Gasteiger partial charge is 0.382 e. The molecule has 0 atom stereocenters. The van der Waals surface area contributed by atoms with Crippen LogP contribution in [0.4, 0.5) is 5.69 Å². The maximum Gasteiger partial charge on any atom is 0.250 e. The molecule has 0 aromatic heterocycles. The summed E-state index contributed by atoms with van der Waals surface area (Å²) in [4.78, 5) is 16.5. The molecule has 1 amide bonds. The van der Waals surface area contributed by atoms with E-state index in [0.29, 0.717) is 13.2 Å². The molecular weight excluding hydrogens is 294 g/mol. The van der Waals surface area contributed by atoms with E-state index in [4.69, 9.17) is 9.47 Å². The Morgan fingerprint density at radius 1 is 1.13 bits per heavy atom. The molecule has 1 heterocycles. The molecule has 2 rings (SSSR count). The van der Waals surface area contributed by atoms with Gasteiger partial charge in [-0.05, 0) is 24.7 Å². The van der Waals surface area contributed by atoms with Crippen LogP contribution >= 0.6 is 0 Å². The minimum Gasteiger partial charge on any atom is -0.382 e. The number of benzene rings is 1. The number of likely N-dealkylation sites (N-methyl/N-ethyl adjacent to an activating group) is 1. The first-order valence-electron chi connectivity index (χ1n) is 8.04. The van der Waals surface area contributed by atoms with Crippen molar-refractivity contribution in [3.63, 3.8) is 0 Å². The van der Waals surface area contributed by atoms with Gasteiger partial charge in [-0.15, -0.1) is 0 Å². The monoisotopic (exact) mass is 321 g/mol. The van der Waals surface area contributed by atoms with Crippen molar-refractivity contribution >= 4 is 11.6 Å². The predicted molar refractivity (Wildman–Crippen MR) is 90.5 cm³/mol. The lowest BCUT2D eigenvalue weighted by atomic mass is 10.2. The molecule has 6 nitrogen and oxygen atoms in total. The lowest BCUT2D eigenvalue weighted by Crippen LogP contribution is -2.43. The highest BCUT2D eigenvalue weighted by atomic mass is 16.5. The van der Waals surface area contributed by atoms with Crippen LogP contribution in [0.25, 0.3) is 0 Å². The van der Waals surface area contributed by atoms with E-state index in [1.165, 1.54) is 5.56 Å². The summed E-state index contributed by atoms with van der Waals surface area (Å²) in [5.41, 5.74) is 2.07. The third-order valence-corrected chi connectivity index (χ3v) is 3.90. The number of carbonyl (C=O) groups excluding carboxylic acids is 1. The molecule has 1 aliphatic rings. The maximum atomic E-state index is 11.7. The van der Waals surface area contributed by atoms with Crippen LogP contribution < -0.4 is 5.32 Å². The van der Waals surface area contributed by atoms with Crippen LogP contribution in [0.2, 0.25) is 0 Å². The summed E-state index contributed by atoms with van der Waals surface area (Å²) in [6.45, 7) is 6.38. The summed E-state index contributed by atoms with van der Waals surface area (Å²) in [6.07, 6.45) is 0. The van der Waals surface area contributed by atoms with Crippen molar-refractivity contribution in [3.8, 4) is 0 Å². The number of piperazine rings is 1. The van der Waals surface area contributed by atoms with E-state index in [1.54, 1.807) is 7.11 Å². The molecule has 6 heteroatoms. The number of nitrogens with one attached hydrogen (secondary N) is 1. The third-order valence-electron chi connectivity index (χ3n) is 3.90. The maximum absolute atomic E-state index is 11.7. The van der Waals surface area contributed by atoms with Crippen LogP contribution in [0.5, 0.6) is 0 Å². The first kappa shape index (κ1) is 17.9. The fraction of sp³-hybridized carbons (Fsp3) is 0.588.